The highest BCUT2D eigenvalue weighted by Gasteiger charge is 2.26. The van der Waals surface area contributed by atoms with Crippen LogP contribution in [-0.4, -0.2) is 46.1 Å². The molecule has 10 heteroatoms. The Labute approximate surface area is 193 Å². The van der Waals surface area contributed by atoms with Crippen LogP contribution in [0.1, 0.15) is 12.1 Å². The molecule has 32 heavy (non-hydrogen) atoms. The van der Waals surface area contributed by atoms with Gasteiger partial charge in [0.05, 0.1) is 28.5 Å². The first-order valence-corrected chi connectivity index (χ1v) is 12.0. The van der Waals surface area contributed by atoms with E-state index in [-0.39, 0.29) is 11.9 Å². The fourth-order valence-electron chi connectivity index (χ4n) is 3.63. The number of hydrogen-bond acceptors (Lipinski definition) is 9. The van der Waals surface area contributed by atoms with Gasteiger partial charge in [0.25, 0.3) is 0 Å². The summed E-state index contributed by atoms with van der Waals surface area (Å²) in [5, 5.41) is 10.5. The van der Waals surface area contributed by atoms with Crippen LogP contribution in [0.4, 0.5) is 5.95 Å². The molecule has 0 aliphatic carbocycles. The quantitative estimate of drug-likeness (QED) is 0.371. The molecule has 3 heterocycles. The van der Waals surface area contributed by atoms with Gasteiger partial charge in [-0.2, -0.15) is 0 Å². The maximum absolute atomic E-state index is 12.3. The van der Waals surface area contributed by atoms with Crippen LogP contribution in [0, 0.1) is 6.92 Å². The lowest BCUT2D eigenvalue weighted by molar-refractivity contribution is -0.123. The number of carbonyl (C=O) groups is 1. The second kappa shape index (κ2) is 8.89. The van der Waals surface area contributed by atoms with Gasteiger partial charge in [0.1, 0.15) is 5.75 Å². The van der Waals surface area contributed by atoms with E-state index in [1.54, 1.807) is 30.2 Å². The van der Waals surface area contributed by atoms with Gasteiger partial charge in [-0.05, 0) is 37.3 Å². The minimum atomic E-state index is -0.452. The Kier molecular flexibility index (Phi) is 5.81. The number of aromatic nitrogens is 3. The molecule has 1 amide bonds. The number of anilines is 1. The molecule has 0 saturated carbocycles. The average Bonchev–Trinajstić information content (AvgIpc) is 3.20. The summed E-state index contributed by atoms with van der Waals surface area (Å²) in [6.45, 7) is 1.93. The summed E-state index contributed by atoms with van der Waals surface area (Å²) in [6.07, 6.45) is -0.0414. The molecule has 164 valence electrons. The predicted octanol–water partition coefficient (Wildman–Crippen LogP) is 3.52. The first-order chi connectivity index (χ1) is 15.6. The summed E-state index contributed by atoms with van der Waals surface area (Å²) in [5.74, 6) is 1.94. The number of para-hydroxylation sites is 1. The monoisotopic (exact) mass is 466 g/mol. The highest BCUT2D eigenvalue weighted by molar-refractivity contribution is 8.01. The predicted molar refractivity (Wildman–Crippen MR) is 128 cm³/mol. The number of rotatable bonds is 6. The molecule has 3 N–H and O–H groups in total. The van der Waals surface area contributed by atoms with Crippen molar-refractivity contribution in [3.63, 3.8) is 0 Å². The van der Waals surface area contributed by atoms with Crippen molar-refractivity contribution in [1.29, 1.82) is 0 Å². The van der Waals surface area contributed by atoms with E-state index in [9.17, 15) is 4.79 Å². The van der Waals surface area contributed by atoms with Gasteiger partial charge >= 0.3 is 0 Å². The maximum atomic E-state index is 12.3. The minimum Gasteiger partial charge on any atom is -0.497 e. The van der Waals surface area contributed by atoms with Crippen LogP contribution in [-0.2, 0) is 4.79 Å². The van der Waals surface area contributed by atoms with E-state index in [1.165, 1.54) is 4.70 Å². The van der Waals surface area contributed by atoms with Crippen molar-refractivity contribution < 1.29 is 9.53 Å². The number of aryl methyl sites for hydroxylation is 1. The number of ether oxygens (including phenoxy) is 1. The Morgan fingerprint density at radius 1 is 1.19 bits per heavy atom. The molecular formula is C22H22N6O2S2. The molecule has 1 saturated heterocycles. The van der Waals surface area contributed by atoms with E-state index in [0.29, 0.717) is 12.4 Å². The largest absolute Gasteiger partial charge is 0.497 e. The molecular weight excluding hydrogens is 444 g/mol. The Balaban J connectivity index is 1.26. The van der Waals surface area contributed by atoms with E-state index < -0.39 is 6.29 Å². The molecule has 0 spiro atoms. The Hall–Kier alpha value is -2.95. The molecule has 0 bridgehead atoms. The molecule has 1 aliphatic heterocycles. The van der Waals surface area contributed by atoms with Crippen LogP contribution in [0.2, 0.25) is 0 Å². The highest BCUT2D eigenvalue weighted by atomic mass is 32.2. The second-order valence-corrected chi connectivity index (χ2v) is 9.78. The zero-order valence-electron chi connectivity index (χ0n) is 17.6. The number of carbonyl (C=O) groups excluding carboxylic acids is 1. The van der Waals surface area contributed by atoms with Crippen LogP contribution >= 0.6 is 23.1 Å². The van der Waals surface area contributed by atoms with Gasteiger partial charge in [-0.3, -0.25) is 10.1 Å². The molecule has 0 radical (unpaired) electrons. The zero-order valence-corrected chi connectivity index (χ0v) is 19.2. The van der Waals surface area contributed by atoms with E-state index in [2.05, 4.69) is 37.0 Å². The lowest BCUT2D eigenvalue weighted by Crippen LogP contribution is -2.60. The lowest BCUT2D eigenvalue weighted by atomic mass is 10.2. The van der Waals surface area contributed by atoms with E-state index in [1.807, 2.05) is 43.3 Å². The molecule has 2 atom stereocenters. The van der Waals surface area contributed by atoms with Crippen molar-refractivity contribution >= 4 is 56.1 Å². The van der Waals surface area contributed by atoms with Crippen LogP contribution < -0.4 is 20.7 Å². The Morgan fingerprint density at radius 3 is 2.91 bits per heavy atom. The number of nitrogens with zero attached hydrogens (tertiary/aromatic N) is 3. The van der Waals surface area contributed by atoms with E-state index in [0.717, 1.165) is 38.0 Å². The summed E-state index contributed by atoms with van der Waals surface area (Å²) in [6, 6.07) is 13.8. The van der Waals surface area contributed by atoms with Gasteiger partial charge < -0.3 is 15.4 Å². The molecule has 1 fully saturated rings. The van der Waals surface area contributed by atoms with Crippen molar-refractivity contribution in [3.8, 4) is 5.75 Å². The number of nitrogens with one attached hydrogen (secondary N) is 3. The van der Waals surface area contributed by atoms with Crippen LogP contribution in [0.25, 0.3) is 21.1 Å². The molecule has 2 aromatic heterocycles. The average molecular weight is 467 g/mol. The molecule has 1 aliphatic rings. The van der Waals surface area contributed by atoms with Crippen LogP contribution in [0.15, 0.2) is 46.8 Å². The molecule has 2 aromatic carbocycles. The number of thioether (sulfide) groups is 1. The van der Waals surface area contributed by atoms with Gasteiger partial charge in [-0.15, -0.1) is 11.3 Å². The Morgan fingerprint density at radius 2 is 2.06 bits per heavy atom. The number of benzene rings is 2. The highest BCUT2D eigenvalue weighted by Crippen LogP contribution is 2.30. The van der Waals surface area contributed by atoms with Crippen molar-refractivity contribution in [1.82, 2.24) is 25.6 Å². The topological polar surface area (TPSA) is 101 Å². The third kappa shape index (κ3) is 4.47. The zero-order chi connectivity index (χ0) is 22.1. The standard InChI is InChI=1S/C22H22N6O2S2/c1-12-15-10-14(30-2)7-8-16(15)25-20(23-12)28-21-24-13(9-19(29)27-21)11-31-22-26-17-5-3-4-6-18(17)32-22/h3-8,10,13,21,24H,9,11H2,1-2H3,(H,27,29)(H,23,25,28). The van der Waals surface area contributed by atoms with Crippen molar-refractivity contribution in [2.75, 3.05) is 18.2 Å². The van der Waals surface area contributed by atoms with Crippen molar-refractivity contribution in [2.45, 2.75) is 30.0 Å². The smallest absolute Gasteiger partial charge is 0.226 e. The first-order valence-electron chi connectivity index (χ1n) is 10.2. The molecule has 2 unspecified atom stereocenters. The second-order valence-electron chi connectivity index (χ2n) is 7.49. The number of methoxy groups -OCH3 is 1. The third-order valence-corrected chi connectivity index (χ3v) is 7.53. The fourth-order valence-corrected chi connectivity index (χ4v) is 5.76. The summed E-state index contributed by atoms with van der Waals surface area (Å²) >= 11 is 3.34. The third-order valence-electron chi connectivity index (χ3n) is 5.19. The number of thiazole rings is 1. The summed E-state index contributed by atoms with van der Waals surface area (Å²) in [7, 11) is 1.64. The van der Waals surface area contributed by atoms with E-state index >= 15 is 0 Å². The summed E-state index contributed by atoms with van der Waals surface area (Å²) < 4.78 is 7.47. The van der Waals surface area contributed by atoms with Crippen molar-refractivity contribution in [2.24, 2.45) is 0 Å². The van der Waals surface area contributed by atoms with Gasteiger partial charge in [0.2, 0.25) is 11.9 Å². The fraction of sp³-hybridized carbons (Fsp3) is 0.273. The Bertz CT molecular complexity index is 1260. The number of hydrogen-bond donors (Lipinski definition) is 3. The maximum Gasteiger partial charge on any atom is 0.226 e. The van der Waals surface area contributed by atoms with Crippen LogP contribution in [0.3, 0.4) is 0 Å². The molecule has 5 rings (SSSR count). The van der Waals surface area contributed by atoms with Gasteiger partial charge in [0.15, 0.2) is 10.6 Å². The van der Waals surface area contributed by atoms with Gasteiger partial charge in [0, 0.05) is 23.6 Å². The normalized spacial score (nSPS) is 18.6. The SMILES string of the molecule is COc1ccc2nc(NC3NC(=O)CC(CSc4nc5ccccc5s4)N3)nc(C)c2c1. The van der Waals surface area contributed by atoms with E-state index in [4.69, 9.17) is 4.74 Å². The van der Waals surface area contributed by atoms with Gasteiger partial charge in [-0.25, -0.2) is 15.0 Å². The number of amides is 1. The van der Waals surface area contributed by atoms with Gasteiger partial charge in [-0.1, -0.05) is 23.9 Å². The minimum absolute atomic E-state index is 0.00377. The van der Waals surface area contributed by atoms with Crippen LogP contribution in [0.5, 0.6) is 5.75 Å². The molecule has 4 aromatic rings. The number of fused-ring (bicyclic) bond motifs is 2. The summed E-state index contributed by atoms with van der Waals surface area (Å²) in [5.41, 5.74) is 2.66. The molecule has 8 nitrogen and oxygen atoms in total. The van der Waals surface area contributed by atoms with Crippen molar-refractivity contribution in [3.05, 3.63) is 48.2 Å². The lowest BCUT2D eigenvalue weighted by Gasteiger charge is -2.31. The summed E-state index contributed by atoms with van der Waals surface area (Å²) in [4.78, 5) is 26.1. The first kappa shape index (κ1) is 20.9.